The molecule has 1 saturated heterocycles. The molecular formula is C18H26N2O3. The lowest BCUT2D eigenvalue weighted by Gasteiger charge is -2.18. The average molecular weight is 318 g/mol. The third-order valence-electron chi connectivity index (χ3n) is 4.86. The van der Waals surface area contributed by atoms with Crippen molar-refractivity contribution in [2.24, 2.45) is 17.6 Å². The molecule has 1 saturated carbocycles. The molecular weight excluding hydrogens is 292 g/mol. The molecule has 2 aliphatic rings. The first-order valence-corrected chi connectivity index (χ1v) is 8.61. The number of hydrogen-bond donors (Lipinski definition) is 2. The zero-order chi connectivity index (χ0) is 16.1. The maximum Gasteiger partial charge on any atom is 0.227 e. The van der Waals surface area contributed by atoms with E-state index in [2.05, 4.69) is 5.32 Å². The van der Waals surface area contributed by atoms with Gasteiger partial charge in [0.25, 0.3) is 0 Å². The molecule has 1 aromatic carbocycles. The van der Waals surface area contributed by atoms with Gasteiger partial charge in [0.15, 0.2) is 0 Å². The van der Waals surface area contributed by atoms with E-state index in [0.717, 1.165) is 50.1 Å². The van der Waals surface area contributed by atoms with Gasteiger partial charge in [0.2, 0.25) is 5.91 Å². The molecule has 1 heterocycles. The van der Waals surface area contributed by atoms with Crippen molar-refractivity contribution in [1.82, 2.24) is 0 Å². The fourth-order valence-corrected chi connectivity index (χ4v) is 3.53. The molecule has 126 valence electrons. The van der Waals surface area contributed by atoms with Crippen molar-refractivity contribution in [3.8, 4) is 5.75 Å². The van der Waals surface area contributed by atoms with Gasteiger partial charge < -0.3 is 20.5 Å². The van der Waals surface area contributed by atoms with Crippen molar-refractivity contribution < 1.29 is 14.3 Å². The Kier molecular flexibility index (Phi) is 5.51. The Hall–Kier alpha value is -1.59. The topological polar surface area (TPSA) is 73.6 Å². The largest absolute Gasteiger partial charge is 0.491 e. The minimum Gasteiger partial charge on any atom is -0.491 e. The van der Waals surface area contributed by atoms with E-state index in [1.165, 1.54) is 0 Å². The molecule has 23 heavy (non-hydrogen) atoms. The van der Waals surface area contributed by atoms with E-state index in [9.17, 15) is 4.79 Å². The van der Waals surface area contributed by atoms with E-state index >= 15 is 0 Å². The third-order valence-corrected chi connectivity index (χ3v) is 4.86. The first-order valence-electron chi connectivity index (χ1n) is 8.61. The van der Waals surface area contributed by atoms with Crippen LogP contribution in [0.3, 0.4) is 0 Å². The lowest BCUT2D eigenvalue weighted by molar-refractivity contribution is -0.120. The Morgan fingerprint density at radius 1 is 1.30 bits per heavy atom. The number of ether oxygens (including phenoxy) is 2. The SMILES string of the molecule is NC[C@H]1CCC[C@H]1C(=O)Nc1cccc(OCC2CCCO2)c1. The predicted octanol–water partition coefficient (Wildman–Crippen LogP) is 2.56. The Balaban J connectivity index is 1.55. The first kappa shape index (κ1) is 16.3. The molecule has 0 aromatic heterocycles. The summed E-state index contributed by atoms with van der Waals surface area (Å²) in [6, 6.07) is 7.57. The van der Waals surface area contributed by atoms with Gasteiger partial charge in [0.1, 0.15) is 12.4 Å². The Morgan fingerprint density at radius 2 is 2.22 bits per heavy atom. The van der Waals surface area contributed by atoms with Crippen molar-refractivity contribution in [2.45, 2.75) is 38.2 Å². The molecule has 2 fully saturated rings. The lowest BCUT2D eigenvalue weighted by Crippen LogP contribution is -2.29. The van der Waals surface area contributed by atoms with Gasteiger partial charge in [-0.1, -0.05) is 12.5 Å². The summed E-state index contributed by atoms with van der Waals surface area (Å²) in [5.41, 5.74) is 6.55. The van der Waals surface area contributed by atoms with Crippen LogP contribution in [0, 0.1) is 11.8 Å². The molecule has 1 aliphatic heterocycles. The quantitative estimate of drug-likeness (QED) is 0.845. The van der Waals surface area contributed by atoms with E-state index in [1.807, 2.05) is 24.3 Å². The molecule has 1 aliphatic carbocycles. The fourth-order valence-electron chi connectivity index (χ4n) is 3.53. The zero-order valence-electron chi connectivity index (χ0n) is 13.5. The highest BCUT2D eigenvalue weighted by Gasteiger charge is 2.31. The summed E-state index contributed by atoms with van der Waals surface area (Å²) in [5, 5.41) is 3.01. The maximum atomic E-state index is 12.4. The summed E-state index contributed by atoms with van der Waals surface area (Å²) >= 11 is 0. The average Bonchev–Trinajstić information content (AvgIpc) is 3.24. The maximum absolute atomic E-state index is 12.4. The second-order valence-corrected chi connectivity index (χ2v) is 6.50. The van der Waals surface area contributed by atoms with E-state index in [1.54, 1.807) is 0 Å². The van der Waals surface area contributed by atoms with E-state index in [0.29, 0.717) is 19.1 Å². The summed E-state index contributed by atoms with van der Waals surface area (Å²) in [5.74, 6) is 1.19. The Bertz CT molecular complexity index is 529. The normalized spacial score (nSPS) is 27.1. The highest BCUT2D eigenvalue weighted by atomic mass is 16.5. The predicted molar refractivity (Wildman–Crippen MR) is 89.4 cm³/mol. The van der Waals surface area contributed by atoms with Crippen molar-refractivity contribution in [3.05, 3.63) is 24.3 Å². The zero-order valence-corrected chi connectivity index (χ0v) is 13.5. The number of amides is 1. The monoisotopic (exact) mass is 318 g/mol. The van der Waals surface area contributed by atoms with Crippen LogP contribution in [-0.2, 0) is 9.53 Å². The van der Waals surface area contributed by atoms with Crippen LogP contribution >= 0.6 is 0 Å². The second-order valence-electron chi connectivity index (χ2n) is 6.50. The van der Waals surface area contributed by atoms with Crippen LogP contribution in [0.15, 0.2) is 24.3 Å². The Labute approximate surface area is 137 Å². The van der Waals surface area contributed by atoms with Gasteiger partial charge in [-0.25, -0.2) is 0 Å². The summed E-state index contributed by atoms with van der Waals surface area (Å²) in [6.45, 7) is 1.98. The van der Waals surface area contributed by atoms with Gasteiger partial charge in [0.05, 0.1) is 6.10 Å². The minimum atomic E-state index is 0.0384. The fraction of sp³-hybridized carbons (Fsp3) is 0.611. The number of anilines is 1. The van der Waals surface area contributed by atoms with Crippen LogP contribution in [0.4, 0.5) is 5.69 Å². The third kappa shape index (κ3) is 4.24. The molecule has 0 spiro atoms. The van der Waals surface area contributed by atoms with E-state index in [-0.39, 0.29) is 17.9 Å². The number of nitrogens with one attached hydrogen (secondary N) is 1. The van der Waals surface area contributed by atoms with Crippen molar-refractivity contribution in [3.63, 3.8) is 0 Å². The number of carbonyl (C=O) groups is 1. The minimum absolute atomic E-state index is 0.0384. The molecule has 5 nitrogen and oxygen atoms in total. The van der Waals surface area contributed by atoms with Crippen LogP contribution in [0.2, 0.25) is 0 Å². The molecule has 3 rings (SSSR count). The standard InChI is InChI=1S/C18H26N2O3/c19-11-13-4-1-8-17(13)18(21)20-14-5-2-6-15(10-14)23-12-16-7-3-9-22-16/h2,5-6,10,13,16-17H,1,3-4,7-9,11-12,19H2,(H,20,21)/t13-,16?,17-/m1/s1. The van der Waals surface area contributed by atoms with Crippen LogP contribution < -0.4 is 15.8 Å². The molecule has 1 aromatic rings. The van der Waals surface area contributed by atoms with E-state index < -0.39 is 0 Å². The summed E-state index contributed by atoms with van der Waals surface area (Å²) in [6.07, 6.45) is 5.43. The first-order chi connectivity index (χ1) is 11.3. The van der Waals surface area contributed by atoms with Gasteiger partial charge >= 0.3 is 0 Å². The number of nitrogens with two attached hydrogens (primary N) is 1. The molecule has 3 N–H and O–H groups in total. The van der Waals surface area contributed by atoms with Gasteiger partial charge in [0, 0.05) is 24.3 Å². The van der Waals surface area contributed by atoms with E-state index in [4.69, 9.17) is 15.2 Å². The van der Waals surface area contributed by atoms with Gasteiger partial charge in [-0.15, -0.1) is 0 Å². The van der Waals surface area contributed by atoms with Crippen molar-refractivity contribution >= 4 is 11.6 Å². The lowest BCUT2D eigenvalue weighted by atomic mass is 9.95. The smallest absolute Gasteiger partial charge is 0.227 e. The number of benzene rings is 1. The summed E-state index contributed by atoms with van der Waals surface area (Å²) in [7, 11) is 0. The highest BCUT2D eigenvalue weighted by Crippen LogP contribution is 2.32. The second kappa shape index (κ2) is 7.79. The van der Waals surface area contributed by atoms with Gasteiger partial charge in [-0.05, 0) is 50.3 Å². The van der Waals surface area contributed by atoms with Crippen LogP contribution in [-0.4, -0.2) is 31.8 Å². The van der Waals surface area contributed by atoms with Crippen molar-refractivity contribution in [2.75, 3.05) is 25.1 Å². The number of carbonyl (C=O) groups excluding carboxylic acids is 1. The highest BCUT2D eigenvalue weighted by molar-refractivity contribution is 5.93. The van der Waals surface area contributed by atoms with Gasteiger partial charge in [-0.2, -0.15) is 0 Å². The van der Waals surface area contributed by atoms with Crippen molar-refractivity contribution in [1.29, 1.82) is 0 Å². The molecule has 0 radical (unpaired) electrons. The number of hydrogen-bond acceptors (Lipinski definition) is 4. The summed E-state index contributed by atoms with van der Waals surface area (Å²) in [4.78, 5) is 12.4. The van der Waals surface area contributed by atoms with Crippen LogP contribution in [0.1, 0.15) is 32.1 Å². The van der Waals surface area contributed by atoms with Crippen LogP contribution in [0.25, 0.3) is 0 Å². The molecule has 1 amide bonds. The molecule has 1 unspecified atom stereocenters. The molecule has 5 heteroatoms. The van der Waals surface area contributed by atoms with Gasteiger partial charge in [-0.3, -0.25) is 4.79 Å². The molecule has 0 bridgehead atoms. The number of rotatable bonds is 6. The summed E-state index contributed by atoms with van der Waals surface area (Å²) < 4.78 is 11.3. The molecule has 3 atom stereocenters. The van der Waals surface area contributed by atoms with Crippen LogP contribution in [0.5, 0.6) is 5.75 Å². The Morgan fingerprint density at radius 3 is 3.00 bits per heavy atom.